The smallest absolute Gasteiger partial charge is 0.0771 e. The van der Waals surface area contributed by atoms with Crippen molar-refractivity contribution in [3.05, 3.63) is 0 Å². The Morgan fingerprint density at radius 3 is 2.56 bits per heavy atom. The van der Waals surface area contributed by atoms with Gasteiger partial charge in [-0.3, -0.25) is 0 Å². The van der Waals surface area contributed by atoms with Gasteiger partial charge in [0.1, 0.15) is 0 Å². The largest absolute Gasteiger partial charge is 0.391 e. The van der Waals surface area contributed by atoms with Gasteiger partial charge in [-0.15, -0.1) is 0 Å². The molecule has 1 rings (SSSR count). The number of ether oxygens (including phenoxy) is 1. The summed E-state index contributed by atoms with van der Waals surface area (Å²) in [6.07, 6.45) is 4.65. The minimum atomic E-state index is -0.287. The topological polar surface area (TPSA) is 29.5 Å². The van der Waals surface area contributed by atoms with Gasteiger partial charge >= 0.3 is 0 Å². The second-order valence-corrected chi connectivity index (χ2v) is 5.76. The lowest BCUT2D eigenvalue weighted by molar-refractivity contribution is -0.0693. The lowest BCUT2D eigenvalue weighted by Crippen LogP contribution is -2.36. The molecule has 0 aromatic carbocycles. The van der Waals surface area contributed by atoms with E-state index in [9.17, 15) is 5.11 Å². The molecule has 96 valence electrons. The highest BCUT2D eigenvalue weighted by Gasteiger charge is 2.31. The molecule has 0 saturated heterocycles. The third-order valence-corrected chi connectivity index (χ3v) is 3.94. The molecule has 0 spiro atoms. The van der Waals surface area contributed by atoms with E-state index < -0.39 is 0 Å². The maximum atomic E-state index is 9.55. The lowest BCUT2D eigenvalue weighted by Gasteiger charge is -2.37. The summed E-state index contributed by atoms with van der Waals surface area (Å²) in [6, 6.07) is 0. The second kappa shape index (κ2) is 6.61. The molecule has 0 aliphatic heterocycles. The van der Waals surface area contributed by atoms with Crippen LogP contribution in [0.2, 0.25) is 0 Å². The summed E-state index contributed by atoms with van der Waals surface area (Å²) < 4.78 is 5.93. The molecule has 2 nitrogen and oxygen atoms in total. The van der Waals surface area contributed by atoms with Crippen molar-refractivity contribution in [2.45, 2.75) is 65.6 Å². The summed E-state index contributed by atoms with van der Waals surface area (Å²) in [5.74, 6) is 2.15. The van der Waals surface area contributed by atoms with Crippen LogP contribution in [0, 0.1) is 17.8 Å². The lowest BCUT2D eigenvalue weighted by atomic mass is 9.75. The SMILES string of the molecule is CCC(O)CO[C@@H]1C[C@H](C)CC[C@H]1C(C)C. The fourth-order valence-electron chi connectivity index (χ4n) is 2.66. The molecule has 0 amide bonds. The Balaban J connectivity index is 2.44. The van der Waals surface area contributed by atoms with E-state index in [-0.39, 0.29) is 6.10 Å². The van der Waals surface area contributed by atoms with Gasteiger partial charge < -0.3 is 9.84 Å². The molecule has 0 aromatic heterocycles. The molecule has 0 heterocycles. The summed E-state index contributed by atoms with van der Waals surface area (Å²) in [5, 5.41) is 9.55. The van der Waals surface area contributed by atoms with Gasteiger partial charge in [0.25, 0.3) is 0 Å². The number of rotatable bonds is 5. The van der Waals surface area contributed by atoms with Gasteiger partial charge in [-0.2, -0.15) is 0 Å². The van der Waals surface area contributed by atoms with Crippen LogP contribution >= 0.6 is 0 Å². The minimum Gasteiger partial charge on any atom is -0.391 e. The number of hydrogen-bond acceptors (Lipinski definition) is 2. The predicted octanol–water partition coefficient (Wildman–Crippen LogP) is 3.23. The standard InChI is InChI=1S/C14H28O2/c1-5-12(15)9-16-14-8-11(4)6-7-13(14)10(2)3/h10-15H,5-9H2,1-4H3/t11-,12?,13+,14-/m1/s1. The predicted molar refractivity (Wildman–Crippen MR) is 67.4 cm³/mol. The van der Waals surface area contributed by atoms with E-state index >= 15 is 0 Å². The average molecular weight is 228 g/mol. The van der Waals surface area contributed by atoms with Gasteiger partial charge in [0.05, 0.1) is 18.8 Å². The van der Waals surface area contributed by atoms with Crippen LogP contribution in [0.4, 0.5) is 0 Å². The van der Waals surface area contributed by atoms with Crippen molar-refractivity contribution in [3.8, 4) is 0 Å². The Hall–Kier alpha value is -0.0800. The van der Waals surface area contributed by atoms with Crippen molar-refractivity contribution in [2.75, 3.05) is 6.61 Å². The normalized spacial score (nSPS) is 33.0. The first-order chi connectivity index (χ1) is 7.54. The second-order valence-electron chi connectivity index (χ2n) is 5.76. The van der Waals surface area contributed by atoms with Gasteiger partial charge in [-0.25, -0.2) is 0 Å². The molecule has 1 aliphatic rings. The molecule has 0 bridgehead atoms. The Labute approximate surface area is 100 Å². The van der Waals surface area contributed by atoms with Crippen molar-refractivity contribution < 1.29 is 9.84 Å². The molecule has 0 radical (unpaired) electrons. The zero-order valence-electron chi connectivity index (χ0n) is 11.3. The molecule has 2 heteroatoms. The highest BCUT2D eigenvalue weighted by molar-refractivity contribution is 4.81. The fraction of sp³-hybridized carbons (Fsp3) is 1.00. The summed E-state index contributed by atoms with van der Waals surface area (Å²) >= 11 is 0. The fourth-order valence-corrected chi connectivity index (χ4v) is 2.66. The van der Waals surface area contributed by atoms with Gasteiger partial charge in [0.2, 0.25) is 0 Å². The van der Waals surface area contributed by atoms with Gasteiger partial charge in [-0.05, 0) is 37.0 Å². The summed E-state index contributed by atoms with van der Waals surface area (Å²) in [4.78, 5) is 0. The first-order valence-corrected chi connectivity index (χ1v) is 6.84. The molecular formula is C14H28O2. The first-order valence-electron chi connectivity index (χ1n) is 6.84. The van der Waals surface area contributed by atoms with Crippen LogP contribution in [-0.2, 0) is 4.74 Å². The zero-order chi connectivity index (χ0) is 12.1. The van der Waals surface area contributed by atoms with Crippen molar-refractivity contribution >= 4 is 0 Å². The van der Waals surface area contributed by atoms with E-state index in [1.54, 1.807) is 0 Å². The van der Waals surface area contributed by atoms with Crippen molar-refractivity contribution in [2.24, 2.45) is 17.8 Å². The van der Waals surface area contributed by atoms with Gasteiger partial charge in [0, 0.05) is 0 Å². The summed E-state index contributed by atoms with van der Waals surface area (Å²) in [6.45, 7) is 9.39. The van der Waals surface area contributed by atoms with E-state index in [2.05, 4.69) is 20.8 Å². The van der Waals surface area contributed by atoms with E-state index in [1.807, 2.05) is 6.92 Å². The Bertz CT molecular complexity index is 191. The van der Waals surface area contributed by atoms with Crippen LogP contribution in [0.1, 0.15) is 53.4 Å². The summed E-state index contributed by atoms with van der Waals surface area (Å²) in [7, 11) is 0. The van der Waals surface area contributed by atoms with E-state index in [4.69, 9.17) is 4.74 Å². The van der Waals surface area contributed by atoms with Crippen molar-refractivity contribution in [1.82, 2.24) is 0 Å². The highest BCUT2D eigenvalue weighted by atomic mass is 16.5. The van der Waals surface area contributed by atoms with Gasteiger partial charge in [0.15, 0.2) is 0 Å². The Morgan fingerprint density at radius 1 is 1.31 bits per heavy atom. The monoisotopic (exact) mass is 228 g/mol. The van der Waals surface area contributed by atoms with E-state index in [0.29, 0.717) is 24.5 Å². The quantitative estimate of drug-likeness (QED) is 0.783. The zero-order valence-corrected chi connectivity index (χ0v) is 11.3. The number of aliphatic hydroxyl groups excluding tert-OH is 1. The van der Waals surface area contributed by atoms with Gasteiger partial charge in [-0.1, -0.05) is 34.1 Å². The molecule has 1 N–H and O–H groups in total. The maximum Gasteiger partial charge on any atom is 0.0771 e. The third-order valence-electron chi connectivity index (χ3n) is 3.94. The van der Waals surface area contributed by atoms with Crippen LogP contribution in [0.15, 0.2) is 0 Å². The van der Waals surface area contributed by atoms with E-state index in [1.165, 1.54) is 19.3 Å². The van der Waals surface area contributed by atoms with E-state index in [0.717, 1.165) is 12.3 Å². The number of aliphatic hydroxyl groups is 1. The molecule has 16 heavy (non-hydrogen) atoms. The molecule has 4 atom stereocenters. The molecule has 1 fully saturated rings. The molecule has 1 saturated carbocycles. The third kappa shape index (κ3) is 4.06. The minimum absolute atomic E-state index is 0.287. The van der Waals surface area contributed by atoms with Crippen molar-refractivity contribution in [3.63, 3.8) is 0 Å². The van der Waals surface area contributed by atoms with Crippen molar-refractivity contribution in [1.29, 1.82) is 0 Å². The van der Waals surface area contributed by atoms with Crippen LogP contribution in [0.25, 0.3) is 0 Å². The summed E-state index contributed by atoms with van der Waals surface area (Å²) in [5.41, 5.74) is 0. The molecule has 1 unspecified atom stereocenters. The molecular weight excluding hydrogens is 200 g/mol. The average Bonchev–Trinajstić information content (AvgIpc) is 2.25. The van der Waals surface area contributed by atoms with Crippen LogP contribution in [0.3, 0.4) is 0 Å². The maximum absolute atomic E-state index is 9.55. The molecule has 1 aliphatic carbocycles. The van der Waals surface area contributed by atoms with Crippen LogP contribution in [0.5, 0.6) is 0 Å². The van der Waals surface area contributed by atoms with Crippen LogP contribution in [-0.4, -0.2) is 23.9 Å². The Morgan fingerprint density at radius 2 is 2.00 bits per heavy atom. The Kier molecular flexibility index (Phi) is 5.77. The van der Waals surface area contributed by atoms with Crippen LogP contribution < -0.4 is 0 Å². The molecule has 0 aromatic rings. The number of hydrogen-bond donors (Lipinski definition) is 1. The first kappa shape index (κ1) is 14.0. The highest BCUT2D eigenvalue weighted by Crippen LogP contribution is 2.35.